The van der Waals surface area contributed by atoms with Gasteiger partial charge in [-0.1, -0.05) is 18.2 Å². The first-order valence-corrected chi connectivity index (χ1v) is 6.93. The Morgan fingerprint density at radius 1 is 1.17 bits per heavy atom. The smallest absolute Gasteiger partial charge is 0.308 e. The SMILES string of the molecule is Cc1cccc(NP(=O)(O)O)c1-c1ccccn1. The third kappa shape index (κ3) is 2.96. The molecule has 5 nitrogen and oxygen atoms in total. The van der Waals surface area contributed by atoms with E-state index in [2.05, 4.69) is 10.1 Å². The molecule has 1 heterocycles. The summed E-state index contributed by atoms with van der Waals surface area (Å²) in [5, 5.41) is 2.22. The summed E-state index contributed by atoms with van der Waals surface area (Å²) in [6.45, 7) is 1.87. The van der Waals surface area contributed by atoms with Crippen molar-refractivity contribution in [3.8, 4) is 11.3 Å². The van der Waals surface area contributed by atoms with E-state index in [4.69, 9.17) is 9.79 Å². The molecule has 0 bridgehead atoms. The molecule has 0 unspecified atom stereocenters. The fraction of sp³-hybridized carbons (Fsp3) is 0.0833. The van der Waals surface area contributed by atoms with E-state index in [1.165, 1.54) is 0 Å². The van der Waals surface area contributed by atoms with Crippen molar-refractivity contribution in [1.29, 1.82) is 0 Å². The van der Waals surface area contributed by atoms with Gasteiger partial charge in [-0.2, -0.15) is 0 Å². The number of hydrogen-bond acceptors (Lipinski definition) is 2. The van der Waals surface area contributed by atoms with Gasteiger partial charge >= 0.3 is 7.75 Å². The Bertz CT molecular complexity index is 596. The van der Waals surface area contributed by atoms with Crippen molar-refractivity contribution < 1.29 is 14.4 Å². The molecule has 0 aliphatic rings. The molecule has 0 amide bonds. The molecule has 0 radical (unpaired) electrons. The Kier molecular flexibility index (Phi) is 3.48. The third-order valence-corrected chi connectivity index (χ3v) is 2.99. The van der Waals surface area contributed by atoms with Crippen molar-refractivity contribution in [1.82, 2.24) is 4.98 Å². The molecular formula is C12H13N2O3P. The molecule has 0 aliphatic heterocycles. The van der Waals surface area contributed by atoms with E-state index in [0.29, 0.717) is 16.9 Å². The van der Waals surface area contributed by atoms with Gasteiger partial charge in [-0.05, 0) is 30.7 Å². The summed E-state index contributed by atoms with van der Waals surface area (Å²) in [6.07, 6.45) is 1.64. The van der Waals surface area contributed by atoms with Gasteiger partial charge in [-0.25, -0.2) is 4.57 Å². The van der Waals surface area contributed by atoms with Gasteiger partial charge in [0.05, 0.1) is 11.4 Å². The van der Waals surface area contributed by atoms with Crippen LogP contribution in [0.25, 0.3) is 11.3 Å². The number of nitrogens with one attached hydrogen (secondary N) is 1. The number of rotatable bonds is 3. The molecular weight excluding hydrogens is 251 g/mol. The van der Waals surface area contributed by atoms with Crippen molar-refractivity contribution >= 4 is 13.4 Å². The summed E-state index contributed by atoms with van der Waals surface area (Å²) in [5.74, 6) is 0. The first kappa shape index (κ1) is 12.8. The van der Waals surface area contributed by atoms with Crippen molar-refractivity contribution in [2.45, 2.75) is 6.92 Å². The maximum atomic E-state index is 11.1. The van der Waals surface area contributed by atoms with E-state index >= 15 is 0 Å². The van der Waals surface area contributed by atoms with Crippen LogP contribution < -0.4 is 5.09 Å². The van der Waals surface area contributed by atoms with Crippen LogP contribution in [0.1, 0.15) is 5.56 Å². The lowest BCUT2D eigenvalue weighted by Crippen LogP contribution is -1.99. The van der Waals surface area contributed by atoms with Crippen LogP contribution in [0.2, 0.25) is 0 Å². The highest BCUT2D eigenvalue weighted by Crippen LogP contribution is 2.40. The zero-order chi connectivity index (χ0) is 13.2. The van der Waals surface area contributed by atoms with Crippen LogP contribution in [-0.2, 0) is 4.57 Å². The molecule has 3 N–H and O–H groups in total. The molecule has 0 fully saturated rings. The van der Waals surface area contributed by atoms with Gasteiger partial charge in [0, 0.05) is 11.8 Å². The van der Waals surface area contributed by atoms with E-state index in [-0.39, 0.29) is 0 Å². The Hall–Kier alpha value is -1.68. The van der Waals surface area contributed by atoms with Gasteiger partial charge in [-0.3, -0.25) is 10.1 Å². The van der Waals surface area contributed by atoms with Gasteiger partial charge in [-0.15, -0.1) is 0 Å². The van der Waals surface area contributed by atoms with Gasteiger partial charge in [0.15, 0.2) is 0 Å². The maximum Gasteiger partial charge on any atom is 0.427 e. The predicted octanol–water partition coefficient (Wildman–Crippen LogP) is 2.56. The Morgan fingerprint density at radius 2 is 1.94 bits per heavy atom. The fourth-order valence-corrected chi connectivity index (χ4v) is 2.27. The monoisotopic (exact) mass is 264 g/mol. The molecule has 0 aliphatic carbocycles. The van der Waals surface area contributed by atoms with Gasteiger partial charge in [0.25, 0.3) is 0 Å². The summed E-state index contributed by atoms with van der Waals surface area (Å²) in [5.41, 5.74) is 2.64. The Labute approximate surface area is 105 Å². The normalized spacial score (nSPS) is 11.3. The quantitative estimate of drug-likeness (QED) is 0.742. The summed E-state index contributed by atoms with van der Waals surface area (Å²) >= 11 is 0. The average molecular weight is 264 g/mol. The molecule has 0 saturated heterocycles. The second kappa shape index (κ2) is 4.90. The lowest BCUT2D eigenvalue weighted by molar-refractivity contribution is 0.380. The minimum atomic E-state index is -4.33. The summed E-state index contributed by atoms with van der Waals surface area (Å²) in [7, 11) is -4.33. The number of aromatic nitrogens is 1. The van der Waals surface area contributed by atoms with Crippen molar-refractivity contribution in [2.24, 2.45) is 0 Å². The Balaban J connectivity index is 2.55. The molecule has 0 saturated carbocycles. The minimum Gasteiger partial charge on any atom is -0.308 e. The van der Waals surface area contributed by atoms with Gasteiger partial charge in [0.1, 0.15) is 0 Å². The second-order valence-electron chi connectivity index (χ2n) is 3.87. The number of hydrogen-bond donors (Lipinski definition) is 3. The van der Waals surface area contributed by atoms with Crippen molar-refractivity contribution in [3.05, 3.63) is 48.2 Å². The summed E-state index contributed by atoms with van der Waals surface area (Å²) in [4.78, 5) is 22.2. The van der Waals surface area contributed by atoms with Crippen molar-refractivity contribution in [3.63, 3.8) is 0 Å². The summed E-state index contributed by atoms with van der Waals surface area (Å²) < 4.78 is 11.1. The van der Waals surface area contributed by atoms with Crippen LogP contribution in [-0.4, -0.2) is 14.8 Å². The number of aryl methyl sites for hydroxylation is 1. The van der Waals surface area contributed by atoms with Crippen LogP contribution in [0.5, 0.6) is 0 Å². The molecule has 6 heteroatoms. The lowest BCUT2D eigenvalue weighted by atomic mass is 10.0. The van der Waals surface area contributed by atoms with Crippen LogP contribution in [0.3, 0.4) is 0 Å². The average Bonchev–Trinajstić information content (AvgIpc) is 2.28. The third-order valence-electron chi connectivity index (χ3n) is 2.46. The molecule has 2 aromatic rings. The van der Waals surface area contributed by atoms with Gasteiger partial charge in [0.2, 0.25) is 0 Å². The topological polar surface area (TPSA) is 82.5 Å². The second-order valence-corrected chi connectivity index (χ2v) is 5.18. The number of nitrogens with zero attached hydrogens (tertiary/aromatic N) is 1. The minimum absolute atomic E-state index is 0.377. The predicted molar refractivity (Wildman–Crippen MR) is 70.1 cm³/mol. The first-order valence-electron chi connectivity index (χ1n) is 5.32. The maximum absolute atomic E-state index is 11.1. The van der Waals surface area contributed by atoms with Crippen LogP contribution in [0, 0.1) is 6.92 Å². The largest absolute Gasteiger partial charge is 0.427 e. The summed E-state index contributed by atoms with van der Waals surface area (Å²) in [6, 6.07) is 10.6. The first-order chi connectivity index (χ1) is 8.47. The molecule has 18 heavy (non-hydrogen) atoms. The van der Waals surface area contributed by atoms with Gasteiger partial charge < -0.3 is 9.79 Å². The van der Waals surface area contributed by atoms with E-state index in [9.17, 15) is 4.57 Å². The molecule has 2 rings (SSSR count). The van der Waals surface area contributed by atoms with Crippen LogP contribution in [0.15, 0.2) is 42.6 Å². The fourth-order valence-electron chi connectivity index (χ4n) is 1.77. The van der Waals surface area contributed by atoms with Crippen LogP contribution in [0.4, 0.5) is 5.69 Å². The van der Waals surface area contributed by atoms with Crippen LogP contribution >= 0.6 is 7.75 Å². The molecule has 0 atom stereocenters. The standard InChI is InChI=1S/C12H13N2O3P/c1-9-5-4-7-11(14-18(15,16)17)12(9)10-6-2-3-8-13-10/h2-8H,1H3,(H3,14,15,16,17). The van der Waals surface area contributed by atoms with E-state index in [0.717, 1.165) is 5.56 Å². The lowest BCUT2D eigenvalue weighted by Gasteiger charge is -2.14. The van der Waals surface area contributed by atoms with Crippen molar-refractivity contribution in [2.75, 3.05) is 5.09 Å². The van der Waals surface area contributed by atoms with E-state index < -0.39 is 7.75 Å². The number of benzene rings is 1. The Morgan fingerprint density at radius 3 is 2.56 bits per heavy atom. The van der Waals surface area contributed by atoms with E-state index in [1.54, 1.807) is 30.5 Å². The number of anilines is 1. The van der Waals surface area contributed by atoms with E-state index in [1.807, 2.05) is 19.1 Å². The zero-order valence-electron chi connectivity index (χ0n) is 9.74. The molecule has 1 aromatic carbocycles. The molecule has 0 spiro atoms. The highest BCUT2D eigenvalue weighted by Gasteiger charge is 2.17. The molecule has 94 valence electrons. The number of pyridine rings is 1. The highest BCUT2D eigenvalue weighted by atomic mass is 31.2. The highest BCUT2D eigenvalue weighted by molar-refractivity contribution is 7.53. The zero-order valence-corrected chi connectivity index (χ0v) is 10.6. The molecule has 1 aromatic heterocycles.